The molecule has 2 aliphatic rings. The van der Waals surface area contributed by atoms with E-state index >= 15 is 0 Å². The lowest BCUT2D eigenvalue weighted by atomic mass is 10.1. The van der Waals surface area contributed by atoms with Gasteiger partial charge in [0.05, 0.1) is 16.6 Å². The van der Waals surface area contributed by atoms with Crippen molar-refractivity contribution < 1.29 is 13.2 Å². The fraction of sp³-hybridized carbons (Fsp3) is 0.571. The van der Waals surface area contributed by atoms with E-state index < -0.39 is 11.7 Å². The van der Waals surface area contributed by atoms with Gasteiger partial charge in [0.15, 0.2) is 5.65 Å². The summed E-state index contributed by atoms with van der Waals surface area (Å²) >= 11 is 0. The first-order valence-electron chi connectivity index (χ1n) is 6.90. The van der Waals surface area contributed by atoms with E-state index in [1.807, 2.05) is 0 Å². The van der Waals surface area contributed by atoms with E-state index in [2.05, 4.69) is 10.1 Å². The molecule has 106 valence electrons. The van der Waals surface area contributed by atoms with E-state index in [9.17, 15) is 13.2 Å². The van der Waals surface area contributed by atoms with Gasteiger partial charge in [-0.05, 0) is 31.7 Å². The lowest BCUT2D eigenvalue weighted by Gasteiger charge is -2.11. The first-order chi connectivity index (χ1) is 9.45. The van der Waals surface area contributed by atoms with Crippen LogP contribution < -0.4 is 0 Å². The van der Waals surface area contributed by atoms with Crippen molar-refractivity contribution in [2.45, 2.75) is 43.7 Å². The molecule has 0 atom stereocenters. The van der Waals surface area contributed by atoms with Crippen molar-refractivity contribution in [2.24, 2.45) is 7.05 Å². The Morgan fingerprint density at radius 3 is 2.35 bits per heavy atom. The van der Waals surface area contributed by atoms with Gasteiger partial charge < -0.3 is 0 Å². The van der Waals surface area contributed by atoms with E-state index in [4.69, 9.17) is 0 Å². The normalized spacial score (nSPS) is 19.8. The molecule has 6 heteroatoms. The zero-order valence-corrected chi connectivity index (χ0v) is 11.0. The van der Waals surface area contributed by atoms with Crippen LogP contribution >= 0.6 is 0 Å². The number of halogens is 3. The Kier molecular flexibility index (Phi) is 2.28. The molecular weight excluding hydrogens is 267 g/mol. The fourth-order valence-corrected chi connectivity index (χ4v) is 2.75. The third-order valence-corrected chi connectivity index (χ3v) is 4.11. The minimum atomic E-state index is -4.35. The molecule has 2 saturated carbocycles. The van der Waals surface area contributed by atoms with Crippen LogP contribution in [0.25, 0.3) is 11.0 Å². The first-order valence-corrected chi connectivity index (χ1v) is 6.90. The highest BCUT2D eigenvalue weighted by Gasteiger charge is 2.40. The Bertz CT molecular complexity index is 694. The average Bonchev–Trinajstić information content (AvgIpc) is 3.25. The van der Waals surface area contributed by atoms with Gasteiger partial charge in [0, 0.05) is 24.6 Å². The van der Waals surface area contributed by atoms with Gasteiger partial charge in [0.1, 0.15) is 0 Å². The molecule has 2 heterocycles. The van der Waals surface area contributed by atoms with Crippen LogP contribution in [-0.4, -0.2) is 14.8 Å². The summed E-state index contributed by atoms with van der Waals surface area (Å²) < 4.78 is 41.7. The van der Waals surface area contributed by atoms with Crippen LogP contribution in [0.1, 0.15) is 54.5 Å². The van der Waals surface area contributed by atoms with E-state index in [1.54, 1.807) is 7.05 Å². The van der Waals surface area contributed by atoms with Gasteiger partial charge in [-0.15, -0.1) is 0 Å². The van der Waals surface area contributed by atoms with Gasteiger partial charge in [-0.25, -0.2) is 4.98 Å². The standard InChI is InChI=1S/C14H14F3N3/c1-20-13-11(12(19-20)8-4-5-8)9(14(15,16)17)6-10(18-13)7-2-3-7/h6-8H,2-5H2,1H3. The largest absolute Gasteiger partial charge is 0.417 e. The predicted molar refractivity (Wildman–Crippen MR) is 67.5 cm³/mol. The smallest absolute Gasteiger partial charge is 0.250 e. The van der Waals surface area contributed by atoms with Gasteiger partial charge in [0.25, 0.3) is 0 Å². The van der Waals surface area contributed by atoms with Gasteiger partial charge in [-0.1, -0.05) is 0 Å². The van der Waals surface area contributed by atoms with Crippen molar-refractivity contribution in [2.75, 3.05) is 0 Å². The quantitative estimate of drug-likeness (QED) is 0.839. The van der Waals surface area contributed by atoms with Crippen molar-refractivity contribution in [1.29, 1.82) is 0 Å². The number of hydrogen-bond donors (Lipinski definition) is 0. The van der Waals surface area contributed by atoms with Crippen molar-refractivity contribution in [3.63, 3.8) is 0 Å². The molecule has 2 aromatic heterocycles. The van der Waals surface area contributed by atoms with E-state index in [0.717, 1.165) is 25.7 Å². The number of fused-ring (bicyclic) bond motifs is 1. The number of aryl methyl sites for hydroxylation is 1. The Hall–Kier alpha value is -1.59. The van der Waals surface area contributed by atoms with Gasteiger partial charge in [-0.3, -0.25) is 4.68 Å². The second-order valence-corrected chi connectivity index (χ2v) is 5.85. The zero-order chi connectivity index (χ0) is 14.1. The molecule has 0 bridgehead atoms. The molecule has 0 radical (unpaired) electrons. The molecule has 0 unspecified atom stereocenters. The first kappa shape index (κ1) is 12.2. The summed E-state index contributed by atoms with van der Waals surface area (Å²) in [5.74, 6) is 0.369. The molecule has 0 amide bonds. The minimum Gasteiger partial charge on any atom is -0.250 e. The summed E-state index contributed by atoms with van der Waals surface area (Å²) in [6.07, 6.45) is -0.634. The topological polar surface area (TPSA) is 30.7 Å². The van der Waals surface area contributed by atoms with Crippen molar-refractivity contribution in [3.05, 3.63) is 23.0 Å². The molecule has 0 aromatic carbocycles. The highest BCUT2D eigenvalue weighted by atomic mass is 19.4. The van der Waals surface area contributed by atoms with Gasteiger partial charge in [0.2, 0.25) is 0 Å². The molecule has 2 fully saturated rings. The molecule has 0 aliphatic heterocycles. The van der Waals surface area contributed by atoms with Crippen LogP contribution in [-0.2, 0) is 13.2 Å². The summed E-state index contributed by atoms with van der Waals surface area (Å²) in [5, 5.41) is 4.52. The maximum Gasteiger partial charge on any atom is 0.417 e. The second kappa shape index (κ2) is 3.74. The molecule has 0 N–H and O–H groups in total. The van der Waals surface area contributed by atoms with Crippen LogP contribution in [0.5, 0.6) is 0 Å². The highest BCUT2D eigenvalue weighted by Crippen LogP contribution is 2.47. The summed E-state index contributed by atoms with van der Waals surface area (Å²) in [7, 11) is 1.68. The van der Waals surface area contributed by atoms with Gasteiger partial charge in [-0.2, -0.15) is 18.3 Å². The maximum atomic E-state index is 13.4. The molecule has 20 heavy (non-hydrogen) atoms. The lowest BCUT2D eigenvalue weighted by molar-refractivity contribution is -0.136. The number of hydrogen-bond acceptors (Lipinski definition) is 2. The van der Waals surface area contributed by atoms with Crippen LogP contribution in [0.15, 0.2) is 6.07 Å². The summed E-state index contributed by atoms with van der Waals surface area (Å²) in [6, 6.07) is 1.24. The van der Waals surface area contributed by atoms with Crippen LogP contribution in [0.2, 0.25) is 0 Å². The highest BCUT2D eigenvalue weighted by molar-refractivity contribution is 5.84. The number of pyridine rings is 1. The predicted octanol–water partition coefficient (Wildman–Crippen LogP) is 3.74. The minimum absolute atomic E-state index is 0.174. The average molecular weight is 281 g/mol. The third kappa shape index (κ3) is 1.81. The van der Waals surface area contributed by atoms with E-state index in [1.165, 1.54) is 10.7 Å². The SMILES string of the molecule is Cn1nc(C2CC2)c2c(C(F)(F)F)cc(C3CC3)nc21. The lowest BCUT2D eigenvalue weighted by Crippen LogP contribution is -2.08. The van der Waals surface area contributed by atoms with Crippen molar-refractivity contribution in [1.82, 2.24) is 14.8 Å². The maximum absolute atomic E-state index is 13.4. The number of rotatable bonds is 2. The third-order valence-electron chi connectivity index (χ3n) is 4.11. The summed E-state index contributed by atoms with van der Waals surface area (Å²) in [5.41, 5.74) is 0.961. The Balaban J connectivity index is 2.03. The van der Waals surface area contributed by atoms with Crippen molar-refractivity contribution >= 4 is 11.0 Å². The second-order valence-electron chi connectivity index (χ2n) is 5.85. The molecule has 3 nitrogen and oxygen atoms in total. The van der Waals surface area contributed by atoms with E-state index in [-0.39, 0.29) is 17.2 Å². The fourth-order valence-electron chi connectivity index (χ4n) is 2.75. The molecule has 2 aromatic rings. The van der Waals surface area contributed by atoms with Crippen LogP contribution in [0.3, 0.4) is 0 Å². The summed E-state index contributed by atoms with van der Waals surface area (Å²) in [6.45, 7) is 0. The summed E-state index contributed by atoms with van der Waals surface area (Å²) in [4.78, 5) is 4.44. The monoisotopic (exact) mass is 281 g/mol. The van der Waals surface area contributed by atoms with E-state index in [0.29, 0.717) is 17.0 Å². The molecule has 2 aliphatic carbocycles. The molecule has 4 rings (SSSR count). The van der Waals surface area contributed by atoms with Crippen LogP contribution in [0.4, 0.5) is 13.2 Å². The molecule has 0 saturated heterocycles. The number of aromatic nitrogens is 3. The number of nitrogens with zero attached hydrogens (tertiary/aromatic N) is 3. The zero-order valence-electron chi connectivity index (χ0n) is 11.0. The molecule has 0 spiro atoms. The van der Waals surface area contributed by atoms with Gasteiger partial charge >= 0.3 is 6.18 Å². The van der Waals surface area contributed by atoms with Crippen molar-refractivity contribution in [3.8, 4) is 0 Å². The Morgan fingerprint density at radius 2 is 1.80 bits per heavy atom. The number of alkyl halides is 3. The van der Waals surface area contributed by atoms with Crippen LogP contribution in [0, 0.1) is 0 Å². The Morgan fingerprint density at radius 1 is 1.15 bits per heavy atom. The Labute approximate surface area is 113 Å². The molecular formula is C14H14F3N3.